The predicted octanol–water partition coefficient (Wildman–Crippen LogP) is 4.63. The van der Waals surface area contributed by atoms with Gasteiger partial charge in [0.05, 0.1) is 20.6 Å². The van der Waals surface area contributed by atoms with Crippen LogP contribution in [0.1, 0.15) is 24.0 Å². The summed E-state index contributed by atoms with van der Waals surface area (Å²) in [5.41, 5.74) is 2.04. The van der Waals surface area contributed by atoms with E-state index in [4.69, 9.17) is 23.2 Å². The van der Waals surface area contributed by atoms with Gasteiger partial charge in [0.25, 0.3) is 10.0 Å². The number of amides is 2. The minimum Gasteiger partial charge on any atom is -0.350 e. The smallest absolute Gasteiger partial charge is 0.264 e. The number of hydrogen-bond donors (Lipinski definition) is 1. The van der Waals surface area contributed by atoms with Crippen molar-refractivity contribution >= 4 is 50.7 Å². The SMILES string of the molecule is O=C(CN(c1ccc(Cl)c(Cl)c1)S(=O)(=O)c1ccccc1)NCc1cccc(CN2CCCC2=O)c1. The molecule has 36 heavy (non-hydrogen) atoms. The van der Waals surface area contributed by atoms with Gasteiger partial charge in [-0.15, -0.1) is 0 Å². The Morgan fingerprint density at radius 1 is 0.944 bits per heavy atom. The van der Waals surface area contributed by atoms with Gasteiger partial charge < -0.3 is 10.2 Å². The molecule has 0 aromatic heterocycles. The van der Waals surface area contributed by atoms with E-state index in [1.807, 2.05) is 29.2 Å². The maximum Gasteiger partial charge on any atom is 0.264 e. The molecule has 0 saturated carbocycles. The zero-order valence-electron chi connectivity index (χ0n) is 19.4. The van der Waals surface area contributed by atoms with E-state index in [0.29, 0.717) is 13.0 Å². The van der Waals surface area contributed by atoms with E-state index in [1.54, 1.807) is 18.2 Å². The molecule has 1 N–H and O–H groups in total. The van der Waals surface area contributed by atoms with Crippen LogP contribution in [0.2, 0.25) is 10.0 Å². The number of anilines is 1. The summed E-state index contributed by atoms with van der Waals surface area (Å²) in [7, 11) is -4.05. The van der Waals surface area contributed by atoms with Crippen LogP contribution in [0.25, 0.3) is 0 Å². The van der Waals surface area contributed by atoms with Crippen molar-refractivity contribution in [2.45, 2.75) is 30.8 Å². The number of halogens is 2. The van der Waals surface area contributed by atoms with Crippen LogP contribution in [0.5, 0.6) is 0 Å². The molecule has 188 valence electrons. The van der Waals surface area contributed by atoms with Gasteiger partial charge in [-0.25, -0.2) is 8.42 Å². The second kappa shape index (κ2) is 11.3. The van der Waals surface area contributed by atoms with E-state index in [0.717, 1.165) is 28.4 Å². The molecule has 1 aliphatic rings. The molecule has 1 heterocycles. The molecule has 3 aromatic rings. The highest BCUT2D eigenvalue weighted by Crippen LogP contribution is 2.30. The highest BCUT2D eigenvalue weighted by Gasteiger charge is 2.27. The van der Waals surface area contributed by atoms with Crippen molar-refractivity contribution in [3.63, 3.8) is 0 Å². The largest absolute Gasteiger partial charge is 0.350 e. The number of carbonyl (C=O) groups excluding carboxylic acids is 2. The van der Waals surface area contributed by atoms with Gasteiger partial charge in [0, 0.05) is 26.1 Å². The fourth-order valence-corrected chi connectivity index (χ4v) is 5.72. The van der Waals surface area contributed by atoms with E-state index >= 15 is 0 Å². The lowest BCUT2D eigenvalue weighted by molar-refractivity contribution is -0.128. The van der Waals surface area contributed by atoms with Gasteiger partial charge in [-0.3, -0.25) is 13.9 Å². The van der Waals surface area contributed by atoms with Crippen molar-refractivity contribution < 1.29 is 18.0 Å². The van der Waals surface area contributed by atoms with Gasteiger partial charge in [0.2, 0.25) is 11.8 Å². The Balaban J connectivity index is 1.49. The molecule has 1 fully saturated rings. The summed E-state index contributed by atoms with van der Waals surface area (Å²) in [5.74, 6) is -0.337. The lowest BCUT2D eigenvalue weighted by Crippen LogP contribution is -2.40. The molecule has 3 aromatic carbocycles. The van der Waals surface area contributed by atoms with Gasteiger partial charge in [0.1, 0.15) is 6.54 Å². The summed E-state index contributed by atoms with van der Waals surface area (Å²) >= 11 is 12.2. The quantitative estimate of drug-likeness (QED) is 0.424. The van der Waals surface area contributed by atoms with Crippen LogP contribution in [0.15, 0.2) is 77.7 Å². The summed E-state index contributed by atoms with van der Waals surface area (Å²) in [6, 6.07) is 19.9. The first-order chi connectivity index (χ1) is 17.2. The molecular weight excluding hydrogens is 521 g/mol. The van der Waals surface area contributed by atoms with Gasteiger partial charge in [-0.05, 0) is 47.9 Å². The fraction of sp³-hybridized carbons (Fsp3) is 0.231. The zero-order chi connectivity index (χ0) is 25.7. The second-order valence-electron chi connectivity index (χ2n) is 8.44. The van der Waals surface area contributed by atoms with Gasteiger partial charge in [0.15, 0.2) is 0 Å². The number of likely N-dealkylation sites (tertiary alicyclic amines) is 1. The third kappa shape index (κ3) is 6.19. The molecule has 2 amide bonds. The van der Waals surface area contributed by atoms with Crippen LogP contribution in [0.3, 0.4) is 0 Å². The number of benzene rings is 3. The summed E-state index contributed by atoms with van der Waals surface area (Å²) in [6.07, 6.45) is 1.45. The average molecular weight is 546 g/mol. The lowest BCUT2D eigenvalue weighted by Gasteiger charge is -2.24. The number of rotatable bonds is 9. The summed E-state index contributed by atoms with van der Waals surface area (Å²) in [5, 5.41) is 3.25. The Morgan fingerprint density at radius 2 is 1.69 bits per heavy atom. The molecule has 0 bridgehead atoms. The maximum atomic E-state index is 13.4. The van der Waals surface area contributed by atoms with Crippen LogP contribution in [-0.4, -0.2) is 38.2 Å². The lowest BCUT2D eigenvalue weighted by atomic mass is 10.1. The van der Waals surface area contributed by atoms with Crippen molar-refractivity contribution in [2.24, 2.45) is 0 Å². The van der Waals surface area contributed by atoms with Crippen LogP contribution in [0.4, 0.5) is 5.69 Å². The van der Waals surface area contributed by atoms with Crippen molar-refractivity contribution in [1.29, 1.82) is 0 Å². The normalized spacial score (nSPS) is 13.6. The fourth-order valence-electron chi connectivity index (χ4n) is 3.99. The summed E-state index contributed by atoms with van der Waals surface area (Å²) in [4.78, 5) is 26.7. The molecule has 4 rings (SSSR count). The summed E-state index contributed by atoms with van der Waals surface area (Å²) < 4.78 is 27.8. The van der Waals surface area contributed by atoms with Gasteiger partial charge >= 0.3 is 0 Å². The van der Waals surface area contributed by atoms with Crippen LogP contribution >= 0.6 is 23.2 Å². The van der Waals surface area contributed by atoms with Crippen LogP contribution in [0, 0.1) is 0 Å². The zero-order valence-corrected chi connectivity index (χ0v) is 21.7. The third-order valence-corrected chi connectivity index (χ3v) is 8.36. The standard InChI is InChI=1S/C26H25Cl2N3O4S/c27-23-12-11-21(15-24(23)28)31(36(34,35)22-8-2-1-3-9-22)18-25(32)29-16-19-6-4-7-20(14-19)17-30-13-5-10-26(30)33/h1-4,6-9,11-12,14-15H,5,10,13,16-18H2,(H,29,32). The Morgan fingerprint density at radius 3 is 2.39 bits per heavy atom. The number of hydrogen-bond acceptors (Lipinski definition) is 4. The predicted molar refractivity (Wildman–Crippen MR) is 140 cm³/mol. The molecule has 7 nitrogen and oxygen atoms in total. The molecule has 10 heteroatoms. The molecule has 0 atom stereocenters. The first-order valence-electron chi connectivity index (χ1n) is 11.4. The number of nitrogens with one attached hydrogen (secondary N) is 1. The third-order valence-electron chi connectivity index (χ3n) is 5.84. The Labute approximate surface area is 220 Å². The van der Waals surface area contributed by atoms with E-state index < -0.39 is 22.5 Å². The second-order valence-corrected chi connectivity index (χ2v) is 11.1. The van der Waals surface area contributed by atoms with Crippen molar-refractivity contribution in [1.82, 2.24) is 10.2 Å². The van der Waals surface area contributed by atoms with Crippen molar-refractivity contribution in [2.75, 3.05) is 17.4 Å². The Bertz CT molecular complexity index is 1370. The minimum absolute atomic E-state index is 0.0491. The van der Waals surface area contributed by atoms with E-state index in [9.17, 15) is 18.0 Å². The number of nitrogens with zero attached hydrogens (tertiary/aromatic N) is 2. The van der Waals surface area contributed by atoms with Crippen molar-refractivity contribution in [3.05, 3.63) is 94.0 Å². The van der Waals surface area contributed by atoms with Crippen molar-refractivity contribution in [3.8, 4) is 0 Å². The highest BCUT2D eigenvalue weighted by atomic mass is 35.5. The van der Waals surface area contributed by atoms with Gasteiger partial charge in [-0.2, -0.15) is 0 Å². The van der Waals surface area contributed by atoms with Gasteiger partial charge in [-0.1, -0.05) is 65.7 Å². The topological polar surface area (TPSA) is 86.8 Å². The molecular formula is C26H25Cl2N3O4S. The van der Waals surface area contributed by atoms with Crippen LogP contribution in [-0.2, 0) is 32.7 Å². The molecule has 0 spiro atoms. The first kappa shape index (κ1) is 26.0. The highest BCUT2D eigenvalue weighted by molar-refractivity contribution is 7.92. The first-order valence-corrected chi connectivity index (χ1v) is 13.6. The molecule has 1 saturated heterocycles. The Hall–Kier alpha value is -3.07. The van der Waals surface area contributed by atoms with E-state index in [1.165, 1.54) is 30.3 Å². The molecule has 1 aliphatic heterocycles. The maximum absolute atomic E-state index is 13.4. The number of sulfonamides is 1. The van der Waals surface area contributed by atoms with E-state index in [-0.39, 0.29) is 33.1 Å². The monoisotopic (exact) mass is 545 g/mol. The molecule has 0 unspecified atom stereocenters. The molecule has 0 aliphatic carbocycles. The molecule has 0 radical (unpaired) electrons. The average Bonchev–Trinajstić information content (AvgIpc) is 3.27. The van der Waals surface area contributed by atoms with E-state index in [2.05, 4.69) is 5.32 Å². The minimum atomic E-state index is -4.05. The Kier molecular flexibility index (Phi) is 8.18. The number of carbonyl (C=O) groups is 2. The van der Waals surface area contributed by atoms with Crippen LogP contribution < -0.4 is 9.62 Å². The summed E-state index contributed by atoms with van der Waals surface area (Å²) in [6.45, 7) is 1.04.